The number of nitrogens with zero attached hydrogens (tertiary/aromatic N) is 3. The van der Waals surface area contributed by atoms with Crippen LogP contribution in [0.4, 0.5) is 8.78 Å². The zero-order valence-corrected chi connectivity index (χ0v) is 25.6. The molecule has 0 unspecified atom stereocenters. The summed E-state index contributed by atoms with van der Waals surface area (Å²) in [7, 11) is 5.82. The van der Waals surface area contributed by atoms with Crippen molar-refractivity contribution in [3.05, 3.63) is 63.5 Å². The molecule has 1 aromatic heterocycles. The summed E-state index contributed by atoms with van der Waals surface area (Å²) in [5.74, 6) is -2.85. The molecule has 234 valence electrons. The van der Waals surface area contributed by atoms with E-state index in [0.29, 0.717) is 52.0 Å². The van der Waals surface area contributed by atoms with Gasteiger partial charge in [-0.15, -0.1) is 11.3 Å². The van der Waals surface area contributed by atoms with E-state index in [2.05, 4.69) is 24.4 Å². The largest absolute Gasteiger partial charge is 0.496 e. The maximum absolute atomic E-state index is 13.8. The van der Waals surface area contributed by atoms with Gasteiger partial charge >= 0.3 is 5.97 Å². The zero-order chi connectivity index (χ0) is 31.6. The molecule has 2 aliphatic rings. The summed E-state index contributed by atoms with van der Waals surface area (Å²) in [6.07, 6.45) is -0.492. The molecule has 10 nitrogen and oxygen atoms in total. The number of carboxylic acid groups (broad SMARTS) is 1. The van der Waals surface area contributed by atoms with E-state index in [-0.39, 0.29) is 31.9 Å². The number of amides is 2. The van der Waals surface area contributed by atoms with Crippen LogP contribution in [0.15, 0.2) is 35.7 Å². The van der Waals surface area contributed by atoms with Crippen molar-refractivity contribution in [2.75, 3.05) is 54.0 Å². The first-order valence-electron chi connectivity index (χ1n) is 14.2. The van der Waals surface area contributed by atoms with Crippen LogP contribution >= 0.6 is 11.3 Å². The number of carboxylic acids is 1. The molecule has 5 rings (SSSR count). The Kier molecular flexibility index (Phi) is 8.89. The van der Waals surface area contributed by atoms with Gasteiger partial charge in [-0.05, 0) is 48.2 Å². The molecule has 2 aromatic carbocycles. The van der Waals surface area contributed by atoms with Crippen molar-refractivity contribution in [1.82, 2.24) is 15.2 Å². The Bertz CT molecular complexity index is 1550. The average molecular weight is 630 g/mol. The number of methoxy groups -OCH3 is 1. The highest BCUT2D eigenvalue weighted by Crippen LogP contribution is 2.41. The molecular formula is C31H35F2N4O6S+. The second-order valence-electron chi connectivity index (χ2n) is 12.0. The smallest absolute Gasteiger partial charge is 0.304 e. The summed E-state index contributed by atoms with van der Waals surface area (Å²) in [6, 6.07) is 7.28. The number of hydrogen-bond donors (Lipinski definition) is 2. The van der Waals surface area contributed by atoms with Crippen molar-refractivity contribution in [2.45, 2.75) is 25.8 Å². The molecule has 0 spiro atoms. The maximum atomic E-state index is 13.8. The van der Waals surface area contributed by atoms with Crippen LogP contribution in [-0.2, 0) is 33.8 Å². The van der Waals surface area contributed by atoms with Crippen molar-refractivity contribution in [3.8, 4) is 22.8 Å². The van der Waals surface area contributed by atoms with Crippen LogP contribution in [0.25, 0.3) is 11.3 Å². The van der Waals surface area contributed by atoms with E-state index in [9.17, 15) is 28.3 Å². The fourth-order valence-corrected chi connectivity index (χ4v) is 6.46. The van der Waals surface area contributed by atoms with E-state index in [1.165, 1.54) is 18.4 Å². The van der Waals surface area contributed by atoms with Crippen LogP contribution in [0.2, 0.25) is 0 Å². The molecule has 1 aliphatic heterocycles. The lowest BCUT2D eigenvalue weighted by Gasteiger charge is -2.38. The Balaban J connectivity index is 1.21. The predicted octanol–water partition coefficient (Wildman–Crippen LogP) is 3.27. The molecule has 1 fully saturated rings. The van der Waals surface area contributed by atoms with Gasteiger partial charge in [-0.3, -0.25) is 14.4 Å². The van der Waals surface area contributed by atoms with Crippen molar-refractivity contribution < 1.29 is 42.2 Å². The van der Waals surface area contributed by atoms with Crippen LogP contribution in [0.1, 0.15) is 22.6 Å². The van der Waals surface area contributed by atoms with Crippen LogP contribution < -0.4 is 14.8 Å². The number of carbonyl (C=O) groups is 3. The summed E-state index contributed by atoms with van der Waals surface area (Å²) < 4.78 is 39.8. The van der Waals surface area contributed by atoms with Gasteiger partial charge in [-0.25, -0.2) is 13.8 Å². The van der Waals surface area contributed by atoms with Gasteiger partial charge in [0.1, 0.15) is 16.5 Å². The Morgan fingerprint density at radius 1 is 1.09 bits per heavy atom. The standard InChI is InChI=1S/C31H34F2N4O6S/c1-37(2)8-6-36(7-9-37)28(38)17-43-21-4-5-22(26(12-21)42-3)25-18-44-27(35-25)16-34-30(41)31(15-29(39)40)13-19-10-23(32)24(33)11-20(19)14-31/h4-5,10-12,18H,6-9,13-17H2,1-3H3,(H-,34,39,40,41)/p+1. The minimum Gasteiger partial charge on any atom is -0.496 e. The van der Waals surface area contributed by atoms with Crippen molar-refractivity contribution in [3.63, 3.8) is 0 Å². The van der Waals surface area contributed by atoms with Crippen LogP contribution in [0, 0.1) is 17.0 Å². The van der Waals surface area contributed by atoms with E-state index in [1.54, 1.807) is 18.2 Å². The molecule has 0 bridgehead atoms. The average Bonchev–Trinajstić information content (AvgIpc) is 3.59. The van der Waals surface area contributed by atoms with Crippen molar-refractivity contribution >= 4 is 29.1 Å². The van der Waals surface area contributed by atoms with Gasteiger partial charge in [-0.2, -0.15) is 0 Å². The minimum atomic E-state index is -1.36. The van der Waals surface area contributed by atoms with Crippen LogP contribution in [-0.4, -0.2) is 91.2 Å². The van der Waals surface area contributed by atoms with E-state index < -0.39 is 35.3 Å². The number of quaternary nitrogens is 1. The number of ether oxygens (including phenoxy) is 2. The topological polar surface area (TPSA) is 118 Å². The van der Waals surface area contributed by atoms with E-state index in [0.717, 1.165) is 29.7 Å². The lowest BCUT2D eigenvalue weighted by Crippen LogP contribution is -2.56. The quantitative estimate of drug-likeness (QED) is 0.331. The number of halogens is 2. The molecule has 0 atom stereocenters. The van der Waals surface area contributed by atoms with Gasteiger partial charge in [0.15, 0.2) is 18.2 Å². The summed E-state index contributed by atoms with van der Waals surface area (Å²) in [5.41, 5.74) is 0.783. The molecular weight excluding hydrogens is 594 g/mol. The lowest BCUT2D eigenvalue weighted by atomic mass is 9.80. The third-order valence-corrected chi connectivity index (χ3v) is 9.19. The normalized spacial score (nSPS) is 16.7. The Morgan fingerprint density at radius 3 is 2.36 bits per heavy atom. The van der Waals surface area contributed by atoms with Gasteiger partial charge in [0.25, 0.3) is 5.91 Å². The fourth-order valence-electron chi connectivity index (χ4n) is 5.73. The first-order chi connectivity index (χ1) is 20.9. The molecule has 2 N–H and O–H groups in total. The van der Waals surface area contributed by atoms with Gasteiger partial charge in [0, 0.05) is 17.0 Å². The zero-order valence-electron chi connectivity index (χ0n) is 24.8. The Morgan fingerprint density at radius 2 is 1.75 bits per heavy atom. The maximum Gasteiger partial charge on any atom is 0.304 e. The lowest BCUT2D eigenvalue weighted by molar-refractivity contribution is -0.894. The first kappa shape index (κ1) is 31.3. The molecule has 2 heterocycles. The van der Waals surface area contributed by atoms with Gasteiger partial charge in [0.2, 0.25) is 5.91 Å². The van der Waals surface area contributed by atoms with E-state index in [1.807, 2.05) is 10.3 Å². The Labute approximate surface area is 257 Å². The molecule has 1 aliphatic carbocycles. The molecule has 3 aromatic rings. The Hall–Kier alpha value is -4.10. The number of hydrogen-bond acceptors (Lipinski definition) is 7. The highest BCUT2D eigenvalue weighted by molar-refractivity contribution is 7.09. The second kappa shape index (κ2) is 12.5. The summed E-state index contributed by atoms with van der Waals surface area (Å²) in [4.78, 5) is 44.1. The van der Waals surface area contributed by atoms with Gasteiger partial charge in [0.05, 0.1) is 71.5 Å². The van der Waals surface area contributed by atoms with Crippen molar-refractivity contribution in [2.24, 2.45) is 5.41 Å². The number of aliphatic carboxylic acids is 1. The van der Waals surface area contributed by atoms with E-state index >= 15 is 0 Å². The molecule has 0 saturated carbocycles. The molecule has 2 amide bonds. The van der Waals surface area contributed by atoms with E-state index in [4.69, 9.17) is 9.47 Å². The number of aromatic nitrogens is 1. The summed E-state index contributed by atoms with van der Waals surface area (Å²) in [6.45, 7) is 3.15. The highest BCUT2D eigenvalue weighted by atomic mass is 32.1. The molecule has 1 saturated heterocycles. The number of carbonyl (C=O) groups excluding carboxylic acids is 2. The number of benzene rings is 2. The number of piperazine rings is 1. The highest BCUT2D eigenvalue weighted by Gasteiger charge is 2.46. The summed E-state index contributed by atoms with van der Waals surface area (Å²) >= 11 is 1.31. The third-order valence-electron chi connectivity index (χ3n) is 8.34. The predicted molar refractivity (Wildman–Crippen MR) is 158 cm³/mol. The molecule has 13 heteroatoms. The second-order valence-corrected chi connectivity index (χ2v) is 12.9. The fraction of sp³-hybridized carbons (Fsp3) is 0.419. The van der Waals surface area contributed by atoms with Crippen LogP contribution in [0.3, 0.4) is 0 Å². The monoisotopic (exact) mass is 629 g/mol. The SMILES string of the molecule is COc1cc(OCC(=O)N2CC[N+](C)(C)CC2)ccc1-c1csc(CNC(=O)C2(CC(=O)O)Cc3cc(F)c(F)cc3C2)n1. The molecule has 44 heavy (non-hydrogen) atoms. The third kappa shape index (κ3) is 6.83. The number of nitrogens with one attached hydrogen (secondary N) is 1. The summed E-state index contributed by atoms with van der Waals surface area (Å²) in [5, 5.41) is 14.7. The first-order valence-corrected chi connectivity index (χ1v) is 15.1. The number of thiazole rings is 1. The van der Waals surface area contributed by atoms with Crippen molar-refractivity contribution in [1.29, 1.82) is 0 Å². The number of rotatable bonds is 10. The van der Waals surface area contributed by atoms with Gasteiger partial charge < -0.3 is 29.3 Å². The number of fused-ring (bicyclic) bond motifs is 1. The minimum absolute atomic E-state index is 0.00644. The molecule has 0 radical (unpaired) electrons. The number of likely N-dealkylation sites (N-methyl/N-ethyl adjacent to an activating group) is 1. The van der Waals surface area contributed by atoms with Crippen LogP contribution in [0.5, 0.6) is 11.5 Å². The van der Waals surface area contributed by atoms with Gasteiger partial charge in [-0.1, -0.05) is 0 Å².